The average Bonchev–Trinajstić information content (AvgIpc) is 2.85. The molecule has 0 radical (unpaired) electrons. The Balaban J connectivity index is 1.83. The highest BCUT2D eigenvalue weighted by molar-refractivity contribution is 7.12. The molecule has 0 bridgehead atoms. The first kappa shape index (κ1) is 13.2. The van der Waals surface area contributed by atoms with E-state index in [0.29, 0.717) is 0 Å². The Hall–Kier alpha value is -1.81. The summed E-state index contributed by atoms with van der Waals surface area (Å²) >= 11 is 1.50. The summed E-state index contributed by atoms with van der Waals surface area (Å²) in [5.41, 5.74) is 10.2. The van der Waals surface area contributed by atoms with Gasteiger partial charge in [-0.05, 0) is 66.5 Å². The number of rotatable bonds is 2. The van der Waals surface area contributed by atoms with Crippen LogP contribution in [0.5, 0.6) is 0 Å². The number of carbonyl (C=O) groups excluding carboxylic acids is 1. The van der Waals surface area contributed by atoms with Gasteiger partial charge >= 0.3 is 0 Å². The van der Waals surface area contributed by atoms with Crippen molar-refractivity contribution >= 4 is 22.9 Å². The first-order valence-electron chi connectivity index (χ1n) is 6.88. The topological polar surface area (TPSA) is 55.1 Å². The summed E-state index contributed by atoms with van der Waals surface area (Å²) in [7, 11) is 0. The van der Waals surface area contributed by atoms with E-state index in [2.05, 4.69) is 11.4 Å². The maximum absolute atomic E-state index is 12.3. The third-order valence-corrected chi connectivity index (χ3v) is 4.87. The second kappa shape index (κ2) is 5.29. The molecule has 0 spiro atoms. The first-order valence-corrected chi connectivity index (χ1v) is 7.76. The Kier molecular flexibility index (Phi) is 3.49. The average molecular weight is 286 g/mol. The van der Waals surface area contributed by atoms with Gasteiger partial charge in [0, 0.05) is 5.69 Å². The monoisotopic (exact) mass is 286 g/mol. The van der Waals surface area contributed by atoms with Crippen LogP contribution in [0.4, 0.5) is 5.69 Å². The van der Waals surface area contributed by atoms with Crippen LogP contribution in [0.1, 0.15) is 45.2 Å². The molecule has 20 heavy (non-hydrogen) atoms. The van der Waals surface area contributed by atoms with Gasteiger partial charge in [0.05, 0.1) is 10.9 Å². The Labute approximate surface area is 122 Å². The second-order valence-electron chi connectivity index (χ2n) is 5.31. The van der Waals surface area contributed by atoms with Crippen molar-refractivity contribution in [1.29, 1.82) is 0 Å². The van der Waals surface area contributed by atoms with Gasteiger partial charge in [0.15, 0.2) is 0 Å². The standard InChI is InChI=1S/C16H18N2OS/c1-10-7-8-20-15(10)16(19)18-14-4-2-3-11-9-12(17)5-6-13(11)14/h5-9,14H,2-4,17H2,1H3,(H,18,19). The van der Waals surface area contributed by atoms with Crippen LogP contribution in [0.3, 0.4) is 0 Å². The van der Waals surface area contributed by atoms with Crippen molar-refractivity contribution in [3.63, 3.8) is 0 Å². The number of nitrogens with two attached hydrogens (primary N) is 1. The normalized spacial score (nSPS) is 17.6. The number of nitrogen functional groups attached to an aromatic ring is 1. The fourth-order valence-electron chi connectivity index (χ4n) is 2.81. The minimum Gasteiger partial charge on any atom is -0.399 e. The number of aryl methyl sites for hydroxylation is 2. The molecule has 1 aromatic heterocycles. The Morgan fingerprint density at radius 2 is 2.25 bits per heavy atom. The summed E-state index contributed by atoms with van der Waals surface area (Å²) in [6, 6.07) is 8.09. The van der Waals surface area contributed by atoms with E-state index in [0.717, 1.165) is 35.4 Å². The van der Waals surface area contributed by atoms with Crippen LogP contribution in [0.2, 0.25) is 0 Å². The van der Waals surface area contributed by atoms with E-state index < -0.39 is 0 Å². The van der Waals surface area contributed by atoms with Gasteiger partial charge in [0.1, 0.15) is 0 Å². The zero-order chi connectivity index (χ0) is 14.1. The highest BCUT2D eigenvalue weighted by Crippen LogP contribution is 2.31. The first-order chi connectivity index (χ1) is 9.65. The molecule has 1 atom stereocenters. The summed E-state index contributed by atoms with van der Waals surface area (Å²) in [5.74, 6) is 0.0344. The Morgan fingerprint density at radius 3 is 3.00 bits per heavy atom. The number of thiophene rings is 1. The van der Waals surface area contributed by atoms with Crippen molar-refractivity contribution < 1.29 is 4.79 Å². The third-order valence-electron chi connectivity index (χ3n) is 3.86. The summed E-state index contributed by atoms with van der Waals surface area (Å²) in [5, 5.41) is 5.13. The van der Waals surface area contributed by atoms with Gasteiger partial charge in [-0.1, -0.05) is 6.07 Å². The molecule has 3 N–H and O–H groups in total. The van der Waals surface area contributed by atoms with Crippen LogP contribution in [0, 0.1) is 6.92 Å². The van der Waals surface area contributed by atoms with Crippen LogP contribution in [-0.4, -0.2) is 5.91 Å². The number of anilines is 1. The van der Waals surface area contributed by atoms with Crippen LogP contribution in [0.15, 0.2) is 29.6 Å². The molecule has 1 heterocycles. The van der Waals surface area contributed by atoms with Crippen molar-refractivity contribution in [1.82, 2.24) is 5.32 Å². The molecular weight excluding hydrogens is 268 g/mol. The molecule has 2 aromatic rings. The number of carbonyl (C=O) groups is 1. The van der Waals surface area contributed by atoms with Crippen molar-refractivity contribution in [2.45, 2.75) is 32.2 Å². The molecule has 0 aliphatic heterocycles. The van der Waals surface area contributed by atoms with E-state index in [1.807, 2.05) is 30.5 Å². The van der Waals surface area contributed by atoms with Crippen LogP contribution >= 0.6 is 11.3 Å². The number of amides is 1. The predicted octanol–water partition coefficient (Wildman–Crippen LogP) is 3.45. The molecule has 1 aliphatic carbocycles. The highest BCUT2D eigenvalue weighted by atomic mass is 32.1. The number of hydrogen-bond acceptors (Lipinski definition) is 3. The smallest absolute Gasteiger partial charge is 0.262 e. The fraction of sp³-hybridized carbons (Fsp3) is 0.312. The summed E-state index contributed by atoms with van der Waals surface area (Å²) in [6.07, 6.45) is 3.13. The number of fused-ring (bicyclic) bond motifs is 1. The van der Waals surface area contributed by atoms with Crippen molar-refractivity contribution in [3.8, 4) is 0 Å². The van der Waals surface area contributed by atoms with E-state index >= 15 is 0 Å². The lowest BCUT2D eigenvalue weighted by Gasteiger charge is -2.26. The molecule has 0 fully saturated rings. The minimum absolute atomic E-state index is 0.0344. The maximum atomic E-state index is 12.3. The van der Waals surface area contributed by atoms with Gasteiger partial charge in [-0.3, -0.25) is 4.79 Å². The fourth-order valence-corrected chi connectivity index (χ4v) is 3.64. The maximum Gasteiger partial charge on any atom is 0.262 e. The lowest BCUT2D eigenvalue weighted by molar-refractivity contribution is 0.0936. The molecule has 1 aliphatic rings. The lowest BCUT2D eigenvalue weighted by Crippen LogP contribution is -2.30. The highest BCUT2D eigenvalue weighted by Gasteiger charge is 2.23. The number of nitrogens with one attached hydrogen (secondary N) is 1. The summed E-state index contributed by atoms with van der Waals surface area (Å²) < 4.78 is 0. The number of benzene rings is 1. The van der Waals surface area contributed by atoms with Gasteiger partial charge < -0.3 is 11.1 Å². The van der Waals surface area contributed by atoms with Gasteiger partial charge in [-0.2, -0.15) is 0 Å². The Bertz CT molecular complexity index is 648. The zero-order valence-electron chi connectivity index (χ0n) is 11.5. The van der Waals surface area contributed by atoms with Crippen molar-refractivity contribution in [2.24, 2.45) is 0 Å². The Morgan fingerprint density at radius 1 is 1.40 bits per heavy atom. The predicted molar refractivity (Wildman–Crippen MR) is 83.1 cm³/mol. The molecule has 1 unspecified atom stereocenters. The largest absolute Gasteiger partial charge is 0.399 e. The molecule has 1 amide bonds. The molecular formula is C16H18N2OS. The molecule has 3 nitrogen and oxygen atoms in total. The van der Waals surface area contributed by atoms with Crippen LogP contribution < -0.4 is 11.1 Å². The van der Waals surface area contributed by atoms with Gasteiger partial charge in [0.25, 0.3) is 5.91 Å². The number of hydrogen-bond donors (Lipinski definition) is 2. The van der Waals surface area contributed by atoms with E-state index in [9.17, 15) is 4.79 Å². The van der Waals surface area contributed by atoms with Crippen LogP contribution in [-0.2, 0) is 6.42 Å². The lowest BCUT2D eigenvalue weighted by atomic mass is 9.87. The third kappa shape index (κ3) is 2.43. The molecule has 0 saturated heterocycles. The molecule has 0 saturated carbocycles. The summed E-state index contributed by atoms with van der Waals surface area (Å²) in [4.78, 5) is 13.2. The van der Waals surface area contributed by atoms with E-state index in [4.69, 9.17) is 5.73 Å². The molecule has 104 valence electrons. The zero-order valence-corrected chi connectivity index (χ0v) is 12.3. The molecule has 3 rings (SSSR count). The van der Waals surface area contributed by atoms with Crippen molar-refractivity contribution in [2.75, 3.05) is 5.73 Å². The van der Waals surface area contributed by atoms with E-state index in [1.54, 1.807) is 0 Å². The van der Waals surface area contributed by atoms with Gasteiger partial charge in [-0.25, -0.2) is 0 Å². The van der Waals surface area contributed by atoms with Crippen LogP contribution in [0.25, 0.3) is 0 Å². The van der Waals surface area contributed by atoms with E-state index in [1.165, 1.54) is 22.5 Å². The SMILES string of the molecule is Cc1ccsc1C(=O)NC1CCCc2cc(N)ccc21. The van der Waals surface area contributed by atoms with E-state index in [-0.39, 0.29) is 11.9 Å². The van der Waals surface area contributed by atoms with Gasteiger partial charge in [-0.15, -0.1) is 11.3 Å². The van der Waals surface area contributed by atoms with Gasteiger partial charge in [0.2, 0.25) is 0 Å². The molecule has 1 aromatic carbocycles. The quantitative estimate of drug-likeness (QED) is 0.831. The summed E-state index contributed by atoms with van der Waals surface area (Å²) in [6.45, 7) is 1.97. The minimum atomic E-state index is 0.0344. The molecule has 4 heteroatoms. The van der Waals surface area contributed by atoms with Crippen molar-refractivity contribution in [3.05, 3.63) is 51.2 Å². The second-order valence-corrected chi connectivity index (χ2v) is 6.23.